The van der Waals surface area contributed by atoms with Crippen LogP contribution in [0.2, 0.25) is 0 Å². The summed E-state index contributed by atoms with van der Waals surface area (Å²) >= 11 is 0. The summed E-state index contributed by atoms with van der Waals surface area (Å²) in [4.78, 5) is 22.2. The number of aryl methyl sites for hydroxylation is 1. The highest BCUT2D eigenvalue weighted by Crippen LogP contribution is 2.32. The summed E-state index contributed by atoms with van der Waals surface area (Å²) in [7, 11) is 0. The van der Waals surface area contributed by atoms with Crippen LogP contribution >= 0.6 is 0 Å². The largest absolute Gasteiger partial charge is 0.349 e. The van der Waals surface area contributed by atoms with Crippen LogP contribution in [-0.2, 0) is 0 Å². The zero-order valence-electron chi connectivity index (χ0n) is 10.5. The zero-order chi connectivity index (χ0) is 13.3. The molecule has 1 N–H and O–H groups in total. The number of hydrogen-bond donors (Lipinski definition) is 1. The standard InChI is InChI=1S/C13H16N2O3/c1-8-7-11(5-6-12(8)15(17)18)13(16)14-9(2)10-3-4-10/h5-7,9-10H,3-4H2,1-2H3,(H,14,16). The highest BCUT2D eigenvalue weighted by atomic mass is 16.6. The molecule has 1 fully saturated rings. The Bertz CT molecular complexity index is 495. The van der Waals surface area contributed by atoms with E-state index in [2.05, 4.69) is 5.32 Å². The maximum Gasteiger partial charge on any atom is 0.272 e. The van der Waals surface area contributed by atoms with Gasteiger partial charge in [-0.05, 0) is 44.7 Å². The van der Waals surface area contributed by atoms with Gasteiger partial charge in [-0.2, -0.15) is 0 Å². The molecule has 1 amide bonds. The summed E-state index contributed by atoms with van der Waals surface area (Å²) in [6, 6.07) is 4.62. The van der Waals surface area contributed by atoms with Crippen molar-refractivity contribution >= 4 is 11.6 Å². The van der Waals surface area contributed by atoms with Gasteiger partial charge in [0, 0.05) is 23.2 Å². The minimum atomic E-state index is -0.441. The lowest BCUT2D eigenvalue weighted by atomic mass is 10.1. The van der Waals surface area contributed by atoms with Crippen molar-refractivity contribution in [1.82, 2.24) is 5.32 Å². The maximum absolute atomic E-state index is 11.9. The molecule has 1 aliphatic carbocycles. The molecular formula is C13H16N2O3. The van der Waals surface area contributed by atoms with Gasteiger partial charge in [-0.15, -0.1) is 0 Å². The second-order valence-electron chi connectivity index (χ2n) is 4.86. The molecule has 1 aromatic carbocycles. The van der Waals surface area contributed by atoms with E-state index in [0.717, 1.165) is 0 Å². The van der Waals surface area contributed by atoms with Crippen LogP contribution in [0.3, 0.4) is 0 Å². The van der Waals surface area contributed by atoms with E-state index in [1.54, 1.807) is 13.0 Å². The van der Waals surface area contributed by atoms with Crippen molar-refractivity contribution in [2.75, 3.05) is 0 Å². The highest BCUT2D eigenvalue weighted by molar-refractivity contribution is 5.94. The molecule has 0 radical (unpaired) electrons. The molecule has 2 rings (SSSR count). The van der Waals surface area contributed by atoms with E-state index >= 15 is 0 Å². The number of nitro groups is 1. The van der Waals surface area contributed by atoms with Gasteiger partial charge in [-0.25, -0.2) is 0 Å². The van der Waals surface area contributed by atoms with E-state index in [9.17, 15) is 14.9 Å². The van der Waals surface area contributed by atoms with Crippen LogP contribution in [0.5, 0.6) is 0 Å². The van der Waals surface area contributed by atoms with E-state index in [1.807, 2.05) is 6.92 Å². The third-order valence-electron chi connectivity index (χ3n) is 3.34. The molecule has 0 bridgehead atoms. The number of nitrogens with one attached hydrogen (secondary N) is 1. The molecule has 1 aliphatic rings. The Morgan fingerprint density at radius 3 is 2.67 bits per heavy atom. The molecule has 18 heavy (non-hydrogen) atoms. The van der Waals surface area contributed by atoms with Crippen molar-refractivity contribution in [1.29, 1.82) is 0 Å². The number of benzene rings is 1. The summed E-state index contributed by atoms with van der Waals surface area (Å²) in [5.41, 5.74) is 1.03. The van der Waals surface area contributed by atoms with Gasteiger partial charge in [0.2, 0.25) is 0 Å². The Balaban J connectivity index is 2.10. The summed E-state index contributed by atoms with van der Waals surface area (Å²) in [5, 5.41) is 13.6. The lowest BCUT2D eigenvalue weighted by molar-refractivity contribution is -0.385. The van der Waals surface area contributed by atoms with Gasteiger partial charge >= 0.3 is 0 Å². The first kappa shape index (κ1) is 12.5. The fourth-order valence-electron chi connectivity index (χ4n) is 2.01. The van der Waals surface area contributed by atoms with Crippen LogP contribution in [0.4, 0.5) is 5.69 Å². The molecule has 5 heteroatoms. The fraction of sp³-hybridized carbons (Fsp3) is 0.462. The second kappa shape index (κ2) is 4.76. The number of rotatable bonds is 4. The van der Waals surface area contributed by atoms with Gasteiger partial charge in [0.15, 0.2) is 0 Å². The number of amides is 1. The van der Waals surface area contributed by atoms with Crippen molar-refractivity contribution in [3.63, 3.8) is 0 Å². The number of nitrogens with zero attached hydrogens (tertiary/aromatic N) is 1. The Morgan fingerprint density at radius 1 is 1.50 bits per heavy atom. The van der Waals surface area contributed by atoms with Gasteiger partial charge in [-0.1, -0.05) is 0 Å². The predicted molar refractivity (Wildman–Crippen MR) is 67.5 cm³/mol. The Kier molecular flexibility index (Phi) is 3.32. The number of hydrogen-bond acceptors (Lipinski definition) is 3. The van der Waals surface area contributed by atoms with Crippen LogP contribution in [0.25, 0.3) is 0 Å². The normalized spacial score (nSPS) is 16.1. The van der Waals surface area contributed by atoms with Crippen LogP contribution in [0, 0.1) is 23.0 Å². The average molecular weight is 248 g/mol. The monoisotopic (exact) mass is 248 g/mol. The van der Waals surface area contributed by atoms with E-state index in [1.165, 1.54) is 25.0 Å². The maximum atomic E-state index is 11.9. The van der Waals surface area contributed by atoms with Gasteiger partial charge in [0.25, 0.3) is 11.6 Å². The molecule has 0 saturated heterocycles. The summed E-state index contributed by atoms with van der Waals surface area (Å²) in [5.74, 6) is 0.431. The molecule has 0 aliphatic heterocycles. The van der Waals surface area contributed by atoms with Crippen molar-refractivity contribution in [3.05, 3.63) is 39.4 Å². The molecular weight excluding hydrogens is 232 g/mol. The van der Waals surface area contributed by atoms with E-state index in [0.29, 0.717) is 17.0 Å². The average Bonchev–Trinajstić information content (AvgIpc) is 3.11. The minimum Gasteiger partial charge on any atom is -0.349 e. The van der Waals surface area contributed by atoms with Gasteiger partial charge in [-0.3, -0.25) is 14.9 Å². The summed E-state index contributed by atoms with van der Waals surface area (Å²) in [6.07, 6.45) is 2.33. The molecule has 1 atom stereocenters. The van der Waals surface area contributed by atoms with Gasteiger partial charge < -0.3 is 5.32 Å². The molecule has 1 aromatic rings. The molecule has 0 heterocycles. The molecule has 1 saturated carbocycles. The summed E-state index contributed by atoms with van der Waals surface area (Å²) in [6.45, 7) is 3.63. The van der Waals surface area contributed by atoms with Crippen molar-refractivity contribution in [2.45, 2.75) is 32.7 Å². The Morgan fingerprint density at radius 2 is 2.17 bits per heavy atom. The lowest BCUT2D eigenvalue weighted by Crippen LogP contribution is -2.34. The van der Waals surface area contributed by atoms with Crippen LogP contribution in [0.1, 0.15) is 35.7 Å². The van der Waals surface area contributed by atoms with E-state index in [4.69, 9.17) is 0 Å². The Labute approximate surface area is 105 Å². The number of nitro benzene ring substituents is 1. The van der Waals surface area contributed by atoms with Crippen molar-refractivity contribution in [2.24, 2.45) is 5.92 Å². The predicted octanol–water partition coefficient (Wildman–Crippen LogP) is 2.43. The van der Waals surface area contributed by atoms with Crippen molar-refractivity contribution in [3.8, 4) is 0 Å². The molecule has 5 nitrogen and oxygen atoms in total. The first-order valence-electron chi connectivity index (χ1n) is 6.05. The molecule has 0 aromatic heterocycles. The first-order valence-corrected chi connectivity index (χ1v) is 6.05. The first-order chi connectivity index (χ1) is 8.49. The SMILES string of the molecule is Cc1cc(C(=O)NC(C)C2CC2)ccc1[N+](=O)[O-]. The number of carbonyl (C=O) groups is 1. The van der Waals surface area contributed by atoms with E-state index < -0.39 is 4.92 Å². The van der Waals surface area contributed by atoms with Crippen LogP contribution in [0.15, 0.2) is 18.2 Å². The van der Waals surface area contributed by atoms with Crippen molar-refractivity contribution < 1.29 is 9.72 Å². The quantitative estimate of drug-likeness (QED) is 0.657. The Hall–Kier alpha value is -1.91. The molecule has 96 valence electrons. The smallest absolute Gasteiger partial charge is 0.272 e. The zero-order valence-corrected chi connectivity index (χ0v) is 10.5. The molecule has 0 spiro atoms. The minimum absolute atomic E-state index is 0.0433. The van der Waals surface area contributed by atoms with Crippen LogP contribution in [-0.4, -0.2) is 16.9 Å². The number of carbonyl (C=O) groups excluding carboxylic acids is 1. The topological polar surface area (TPSA) is 72.2 Å². The lowest BCUT2D eigenvalue weighted by Gasteiger charge is -2.12. The van der Waals surface area contributed by atoms with Gasteiger partial charge in [0.1, 0.15) is 0 Å². The molecule has 1 unspecified atom stereocenters. The summed E-state index contributed by atoms with van der Waals surface area (Å²) < 4.78 is 0. The fourth-order valence-corrected chi connectivity index (χ4v) is 2.01. The highest BCUT2D eigenvalue weighted by Gasteiger charge is 2.29. The second-order valence-corrected chi connectivity index (χ2v) is 4.86. The van der Waals surface area contributed by atoms with Gasteiger partial charge in [0.05, 0.1) is 4.92 Å². The van der Waals surface area contributed by atoms with E-state index in [-0.39, 0.29) is 17.6 Å². The third-order valence-corrected chi connectivity index (χ3v) is 3.34. The third kappa shape index (κ3) is 2.67. The van der Waals surface area contributed by atoms with Crippen LogP contribution < -0.4 is 5.32 Å².